The van der Waals surface area contributed by atoms with Crippen molar-refractivity contribution in [3.8, 4) is 0 Å². The van der Waals surface area contributed by atoms with Gasteiger partial charge in [0.15, 0.2) is 4.30 Å². The highest BCUT2D eigenvalue weighted by molar-refractivity contribution is 6.63. The fraction of sp³-hybridized carbons (Fsp3) is 0.500. The quantitative estimate of drug-likeness (QED) is 0.480. The van der Waals surface area contributed by atoms with Crippen molar-refractivity contribution >= 4 is 41.6 Å². The van der Waals surface area contributed by atoms with Gasteiger partial charge in [-0.1, -0.05) is 34.8 Å². The number of carbonyl (C=O) groups excluding carboxylic acids is 1. The standard InChI is InChI=1S/CHCl3.CH2O/c2-1(3)4;1-2/h1H;1H2. The van der Waals surface area contributed by atoms with Crippen molar-refractivity contribution < 1.29 is 4.79 Å². The van der Waals surface area contributed by atoms with Crippen LogP contribution in [0.2, 0.25) is 0 Å². The van der Waals surface area contributed by atoms with Crippen LogP contribution in [0.3, 0.4) is 0 Å². The zero-order chi connectivity index (χ0) is 5.58. The molecule has 0 aliphatic heterocycles. The molecule has 0 atom stereocenters. The van der Waals surface area contributed by atoms with E-state index in [4.69, 9.17) is 39.6 Å². The van der Waals surface area contributed by atoms with Crippen LogP contribution in [-0.4, -0.2) is 11.1 Å². The third kappa shape index (κ3) is 195. The van der Waals surface area contributed by atoms with E-state index >= 15 is 0 Å². The molecule has 0 aliphatic carbocycles. The molecule has 0 amide bonds. The Morgan fingerprint density at radius 1 is 1.17 bits per heavy atom. The molecule has 0 unspecified atom stereocenters. The van der Waals surface area contributed by atoms with Gasteiger partial charge in [-0.05, 0) is 0 Å². The molecule has 0 fully saturated rings. The summed E-state index contributed by atoms with van der Waals surface area (Å²) in [4.78, 5) is 8.00. The molecular formula is C2H3Cl3O. The van der Waals surface area contributed by atoms with Crippen LogP contribution in [0, 0.1) is 0 Å². The summed E-state index contributed by atoms with van der Waals surface area (Å²) in [6.45, 7) is 2.00. The van der Waals surface area contributed by atoms with E-state index in [1.807, 2.05) is 6.79 Å². The molecule has 0 aromatic heterocycles. The van der Waals surface area contributed by atoms with Crippen LogP contribution in [0.15, 0.2) is 0 Å². The summed E-state index contributed by atoms with van der Waals surface area (Å²) >= 11 is 14.4. The predicted molar refractivity (Wildman–Crippen MR) is 28.5 cm³/mol. The summed E-state index contributed by atoms with van der Waals surface area (Å²) in [5.74, 6) is 0. The zero-order valence-corrected chi connectivity index (χ0v) is 5.09. The fourth-order valence-electron chi connectivity index (χ4n) is 0. The van der Waals surface area contributed by atoms with E-state index in [-0.39, 0.29) is 0 Å². The van der Waals surface area contributed by atoms with Gasteiger partial charge in [-0.2, -0.15) is 0 Å². The minimum Gasteiger partial charge on any atom is -0.307 e. The van der Waals surface area contributed by atoms with Crippen molar-refractivity contribution in [2.45, 2.75) is 4.30 Å². The predicted octanol–water partition coefficient (Wildman–Crippen LogP) is 1.80. The Labute approximate surface area is 51.2 Å². The van der Waals surface area contributed by atoms with E-state index in [0.717, 1.165) is 0 Å². The second-order valence-corrected chi connectivity index (χ2v) is 2.23. The Morgan fingerprint density at radius 3 is 1.17 bits per heavy atom. The third-order valence-corrected chi connectivity index (χ3v) is 0. The topological polar surface area (TPSA) is 17.1 Å². The maximum absolute atomic E-state index is 8.00. The van der Waals surface area contributed by atoms with E-state index in [1.165, 1.54) is 0 Å². The normalized spacial score (nSPS) is 6.67. The van der Waals surface area contributed by atoms with E-state index in [0.29, 0.717) is 0 Å². The SMILES string of the molecule is C=O.ClC(Cl)Cl. The largest absolute Gasteiger partial charge is 0.307 e. The molecule has 0 rings (SSSR count). The molecule has 0 aromatic rings. The van der Waals surface area contributed by atoms with Crippen LogP contribution in [0.4, 0.5) is 0 Å². The van der Waals surface area contributed by atoms with Crippen molar-refractivity contribution in [1.29, 1.82) is 0 Å². The average Bonchev–Trinajstić information content (AvgIpc) is 1.41. The van der Waals surface area contributed by atoms with Gasteiger partial charge >= 0.3 is 0 Å². The third-order valence-electron chi connectivity index (χ3n) is 0. The molecule has 0 heterocycles. The van der Waals surface area contributed by atoms with E-state index in [2.05, 4.69) is 0 Å². The summed E-state index contributed by atoms with van der Waals surface area (Å²) in [7, 11) is 0. The Bertz CT molecular complexity index is 20.0. The molecule has 0 saturated heterocycles. The monoisotopic (exact) mass is 148 g/mol. The second-order valence-electron chi connectivity index (χ2n) is 0.247. The summed E-state index contributed by atoms with van der Waals surface area (Å²) in [5, 5.41) is 0. The number of alkyl halides is 3. The maximum Gasteiger partial charge on any atom is 0.180 e. The van der Waals surface area contributed by atoms with Crippen LogP contribution in [0.25, 0.3) is 0 Å². The smallest absolute Gasteiger partial charge is 0.180 e. The fourth-order valence-corrected chi connectivity index (χ4v) is 0. The molecule has 0 saturated carbocycles. The molecule has 1 nitrogen and oxygen atoms in total. The van der Waals surface area contributed by atoms with E-state index in [1.54, 1.807) is 0 Å². The first-order chi connectivity index (χ1) is 2.73. The van der Waals surface area contributed by atoms with Crippen molar-refractivity contribution in [2.24, 2.45) is 0 Å². The van der Waals surface area contributed by atoms with Crippen LogP contribution in [0.1, 0.15) is 0 Å². The Hall–Kier alpha value is 0.540. The van der Waals surface area contributed by atoms with Crippen LogP contribution in [-0.2, 0) is 4.79 Å². The number of rotatable bonds is 0. The zero-order valence-electron chi connectivity index (χ0n) is 2.83. The van der Waals surface area contributed by atoms with E-state index < -0.39 is 4.30 Å². The number of carbonyl (C=O) groups is 1. The highest BCUT2D eigenvalue weighted by atomic mass is 35.6. The van der Waals surface area contributed by atoms with Crippen molar-refractivity contribution in [1.82, 2.24) is 0 Å². The Kier molecular flexibility index (Phi) is 14.8. The van der Waals surface area contributed by atoms with Crippen molar-refractivity contribution in [3.05, 3.63) is 0 Å². The molecule has 38 valence electrons. The minimum atomic E-state index is -0.750. The van der Waals surface area contributed by atoms with Crippen molar-refractivity contribution in [3.63, 3.8) is 0 Å². The lowest BCUT2D eigenvalue weighted by Gasteiger charge is -1.69. The van der Waals surface area contributed by atoms with Gasteiger partial charge in [-0.25, -0.2) is 0 Å². The number of halogens is 3. The summed E-state index contributed by atoms with van der Waals surface area (Å²) in [6, 6.07) is 0. The first-order valence-electron chi connectivity index (χ1n) is 0.943. The summed E-state index contributed by atoms with van der Waals surface area (Å²) < 4.78 is -0.750. The van der Waals surface area contributed by atoms with Gasteiger partial charge in [0, 0.05) is 0 Å². The molecule has 4 heteroatoms. The van der Waals surface area contributed by atoms with Gasteiger partial charge in [-0.3, -0.25) is 0 Å². The van der Waals surface area contributed by atoms with Crippen LogP contribution in [0.5, 0.6) is 0 Å². The lowest BCUT2D eigenvalue weighted by molar-refractivity contribution is -0.0979. The minimum absolute atomic E-state index is 0.750. The molecule has 0 bridgehead atoms. The van der Waals surface area contributed by atoms with Crippen molar-refractivity contribution in [2.75, 3.05) is 0 Å². The van der Waals surface area contributed by atoms with Gasteiger partial charge in [0.2, 0.25) is 0 Å². The molecule has 0 spiro atoms. The summed E-state index contributed by atoms with van der Waals surface area (Å²) in [6.07, 6.45) is 0. The van der Waals surface area contributed by atoms with Gasteiger partial charge in [0.25, 0.3) is 0 Å². The average molecular weight is 149 g/mol. The van der Waals surface area contributed by atoms with Gasteiger partial charge in [0.05, 0.1) is 0 Å². The summed E-state index contributed by atoms with van der Waals surface area (Å²) in [5.41, 5.74) is 0. The lowest BCUT2D eigenvalue weighted by Crippen LogP contribution is -1.55. The van der Waals surface area contributed by atoms with Crippen LogP contribution >= 0.6 is 34.8 Å². The highest BCUT2D eigenvalue weighted by Crippen LogP contribution is 2.03. The maximum atomic E-state index is 8.00. The van der Waals surface area contributed by atoms with Gasteiger partial charge < -0.3 is 4.79 Å². The number of hydrogen-bond donors (Lipinski definition) is 0. The molecule has 0 N–H and O–H groups in total. The molecule has 0 radical (unpaired) electrons. The Balaban J connectivity index is 0. The van der Waals surface area contributed by atoms with Gasteiger partial charge in [-0.15, -0.1) is 0 Å². The molecule has 6 heavy (non-hydrogen) atoms. The molecule has 0 aliphatic rings. The van der Waals surface area contributed by atoms with Gasteiger partial charge in [0.1, 0.15) is 6.79 Å². The number of hydrogen-bond acceptors (Lipinski definition) is 1. The first kappa shape index (κ1) is 9.74. The molecular weight excluding hydrogens is 146 g/mol. The lowest BCUT2D eigenvalue weighted by atomic mass is 11.9. The highest BCUT2D eigenvalue weighted by Gasteiger charge is 1.78. The van der Waals surface area contributed by atoms with Crippen LogP contribution < -0.4 is 0 Å². The first-order valence-corrected chi connectivity index (χ1v) is 2.25. The van der Waals surface area contributed by atoms with E-state index in [9.17, 15) is 0 Å². The Morgan fingerprint density at radius 2 is 1.17 bits per heavy atom. The second kappa shape index (κ2) is 9.11. The molecule has 0 aromatic carbocycles.